The van der Waals surface area contributed by atoms with Crippen LogP contribution in [-0.4, -0.2) is 27.0 Å². The Labute approximate surface area is 124 Å². The smallest absolute Gasteiger partial charge is 0.106 e. The van der Waals surface area contributed by atoms with E-state index in [9.17, 15) is 5.11 Å². The summed E-state index contributed by atoms with van der Waals surface area (Å²) in [5.74, 6) is 0. The van der Waals surface area contributed by atoms with Crippen LogP contribution >= 0.6 is 15.9 Å². The molecular weight excluding hydrogens is 306 g/mol. The van der Waals surface area contributed by atoms with Gasteiger partial charge in [0.05, 0.1) is 16.4 Å². The normalized spacial score (nSPS) is 15.8. The third-order valence-corrected chi connectivity index (χ3v) is 3.60. The Morgan fingerprint density at radius 1 is 1.37 bits per heavy atom. The summed E-state index contributed by atoms with van der Waals surface area (Å²) in [5, 5.41) is 18.5. The van der Waals surface area contributed by atoms with E-state index in [4.69, 9.17) is 0 Å². The molecule has 1 aromatic rings. The number of nitrogens with zero attached hydrogens (tertiary/aromatic N) is 2. The molecule has 0 aliphatic carbocycles. The molecule has 0 aliphatic heterocycles. The van der Waals surface area contributed by atoms with Gasteiger partial charge in [-0.05, 0) is 70.4 Å². The molecule has 19 heavy (non-hydrogen) atoms. The molecule has 2 N–H and O–H groups in total. The molecule has 0 saturated carbocycles. The highest BCUT2D eigenvalue weighted by Gasteiger charge is 2.30. The van der Waals surface area contributed by atoms with Gasteiger partial charge in [-0.25, -0.2) is 0 Å². The molecule has 1 heterocycles. The zero-order chi connectivity index (χ0) is 14.8. The molecule has 0 aliphatic rings. The maximum Gasteiger partial charge on any atom is 0.106 e. The van der Waals surface area contributed by atoms with Gasteiger partial charge in [-0.1, -0.05) is 0 Å². The Morgan fingerprint density at radius 2 is 1.95 bits per heavy atom. The second kappa shape index (κ2) is 5.94. The molecule has 0 aromatic carbocycles. The van der Waals surface area contributed by atoms with Crippen molar-refractivity contribution in [2.45, 2.75) is 65.1 Å². The van der Waals surface area contributed by atoms with Crippen LogP contribution in [0.5, 0.6) is 0 Å². The fourth-order valence-corrected chi connectivity index (χ4v) is 2.74. The summed E-state index contributed by atoms with van der Waals surface area (Å²) in [7, 11) is 0. The zero-order valence-electron chi connectivity index (χ0n) is 12.8. The monoisotopic (exact) mass is 331 g/mol. The lowest BCUT2D eigenvalue weighted by Gasteiger charge is -2.29. The Kier molecular flexibility index (Phi) is 5.21. The van der Waals surface area contributed by atoms with Crippen LogP contribution in [0.2, 0.25) is 0 Å². The van der Waals surface area contributed by atoms with Gasteiger partial charge in [0.15, 0.2) is 0 Å². The van der Waals surface area contributed by atoms with Crippen molar-refractivity contribution in [1.82, 2.24) is 15.1 Å². The van der Waals surface area contributed by atoms with Gasteiger partial charge in [-0.15, -0.1) is 0 Å². The van der Waals surface area contributed by atoms with E-state index in [2.05, 4.69) is 61.0 Å². The van der Waals surface area contributed by atoms with Crippen molar-refractivity contribution in [1.29, 1.82) is 0 Å². The lowest BCUT2D eigenvalue weighted by molar-refractivity contribution is 0.0352. The predicted molar refractivity (Wildman–Crippen MR) is 82.3 cm³/mol. The van der Waals surface area contributed by atoms with Crippen molar-refractivity contribution in [3.8, 4) is 0 Å². The van der Waals surface area contributed by atoms with Crippen LogP contribution in [0.25, 0.3) is 0 Å². The summed E-state index contributed by atoms with van der Waals surface area (Å²) in [5.41, 5.74) is 0.00177. The molecule has 0 spiro atoms. The molecule has 5 heteroatoms. The molecule has 0 radical (unpaired) electrons. The Hall–Kier alpha value is -0.390. The van der Waals surface area contributed by atoms with Gasteiger partial charge in [-0.2, -0.15) is 5.10 Å². The second-order valence-electron chi connectivity index (χ2n) is 6.58. The van der Waals surface area contributed by atoms with Crippen molar-refractivity contribution in [3.05, 3.63) is 16.4 Å². The van der Waals surface area contributed by atoms with Gasteiger partial charge in [0.25, 0.3) is 0 Å². The van der Waals surface area contributed by atoms with Gasteiger partial charge >= 0.3 is 0 Å². The lowest BCUT2D eigenvalue weighted by atomic mass is 9.96. The summed E-state index contributed by atoms with van der Waals surface area (Å²) in [6.45, 7) is 13.1. The third-order valence-electron chi connectivity index (χ3n) is 3.02. The minimum atomic E-state index is -0.905. The number of aromatic nitrogens is 2. The van der Waals surface area contributed by atoms with Gasteiger partial charge in [-0.3, -0.25) is 4.68 Å². The third kappa shape index (κ3) is 4.58. The van der Waals surface area contributed by atoms with E-state index in [-0.39, 0.29) is 11.6 Å². The molecule has 1 aromatic heterocycles. The fraction of sp³-hybridized carbons (Fsp3) is 0.786. The van der Waals surface area contributed by atoms with Gasteiger partial charge in [0.2, 0.25) is 0 Å². The summed E-state index contributed by atoms with van der Waals surface area (Å²) in [6.07, 6.45) is 2.39. The van der Waals surface area contributed by atoms with Gasteiger partial charge in [0.1, 0.15) is 5.60 Å². The number of halogens is 1. The molecule has 0 amide bonds. The Balaban J connectivity index is 2.85. The lowest BCUT2D eigenvalue weighted by Crippen LogP contribution is -2.39. The largest absolute Gasteiger partial charge is 0.384 e. The van der Waals surface area contributed by atoms with E-state index >= 15 is 0 Å². The van der Waals surface area contributed by atoms with Crippen molar-refractivity contribution >= 4 is 15.9 Å². The molecule has 0 saturated heterocycles. The first kappa shape index (κ1) is 16.7. The quantitative estimate of drug-likeness (QED) is 0.870. The number of aliphatic hydroxyl groups is 1. The maximum absolute atomic E-state index is 10.8. The highest BCUT2D eigenvalue weighted by Crippen LogP contribution is 2.32. The fourth-order valence-electron chi connectivity index (χ4n) is 2.04. The molecule has 4 nitrogen and oxygen atoms in total. The van der Waals surface area contributed by atoms with Crippen LogP contribution in [0, 0.1) is 0 Å². The Morgan fingerprint density at radius 3 is 2.42 bits per heavy atom. The van der Waals surface area contributed by atoms with Crippen LogP contribution in [0.3, 0.4) is 0 Å². The van der Waals surface area contributed by atoms with Crippen molar-refractivity contribution in [3.63, 3.8) is 0 Å². The standard InChI is InChI=1S/C14H26BrN3O/c1-10(2)18-12(11(15)9-17-18)14(6,19)7-8-16-13(3,4)5/h9-10,16,19H,7-8H2,1-6H3. The summed E-state index contributed by atoms with van der Waals surface area (Å²) in [6, 6.07) is 0.225. The zero-order valence-corrected chi connectivity index (χ0v) is 14.4. The van der Waals surface area contributed by atoms with Crippen molar-refractivity contribution in [2.75, 3.05) is 6.54 Å². The SMILES string of the molecule is CC(C)n1ncc(Br)c1C(C)(O)CCNC(C)(C)C. The number of hydrogen-bond donors (Lipinski definition) is 2. The molecule has 0 bridgehead atoms. The molecule has 110 valence electrons. The summed E-state index contributed by atoms with van der Waals surface area (Å²) in [4.78, 5) is 0. The highest BCUT2D eigenvalue weighted by atomic mass is 79.9. The van der Waals surface area contributed by atoms with E-state index in [1.165, 1.54) is 0 Å². The molecule has 1 rings (SSSR count). The number of rotatable bonds is 5. The highest BCUT2D eigenvalue weighted by molar-refractivity contribution is 9.10. The topological polar surface area (TPSA) is 50.1 Å². The molecule has 1 atom stereocenters. The van der Waals surface area contributed by atoms with Crippen LogP contribution in [0.15, 0.2) is 10.7 Å². The van der Waals surface area contributed by atoms with Gasteiger partial charge in [0, 0.05) is 11.6 Å². The average molecular weight is 332 g/mol. The van der Waals surface area contributed by atoms with Crippen molar-refractivity contribution in [2.24, 2.45) is 0 Å². The van der Waals surface area contributed by atoms with Crippen LogP contribution in [-0.2, 0) is 5.60 Å². The van der Waals surface area contributed by atoms with Crippen LogP contribution in [0.4, 0.5) is 0 Å². The average Bonchev–Trinajstić information content (AvgIpc) is 2.58. The van der Waals surface area contributed by atoms with E-state index < -0.39 is 5.60 Å². The summed E-state index contributed by atoms with van der Waals surface area (Å²) >= 11 is 3.49. The molecular formula is C14H26BrN3O. The predicted octanol–water partition coefficient (Wildman–Crippen LogP) is 3.21. The number of hydrogen-bond acceptors (Lipinski definition) is 3. The minimum absolute atomic E-state index is 0.0611. The van der Waals surface area contributed by atoms with Gasteiger partial charge < -0.3 is 10.4 Å². The first-order chi connectivity index (χ1) is 8.54. The molecule has 0 fully saturated rings. The van der Waals surface area contributed by atoms with E-state index in [0.29, 0.717) is 6.42 Å². The minimum Gasteiger partial charge on any atom is -0.384 e. The van der Waals surface area contributed by atoms with E-state index in [0.717, 1.165) is 16.7 Å². The van der Waals surface area contributed by atoms with E-state index in [1.54, 1.807) is 6.20 Å². The van der Waals surface area contributed by atoms with E-state index in [1.807, 2.05) is 11.6 Å². The van der Waals surface area contributed by atoms with Crippen molar-refractivity contribution < 1.29 is 5.11 Å². The Bertz CT molecular complexity index is 419. The first-order valence-electron chi connectivity index (χ1n) is 6.75. The first-order valence-corrected chi connectivity index (χ1v) is 7.55. The van der Waals surface area contributed by atoms with Crippen LogP contribution < -0.4 is 5.32 Å². The number of nitrogens with one attached hydrogen (secondary N) is 1. The van der Waals surface area contributed by atoms with Crippen LogP contribution in [0.1, 0.15) is 59.7 Å². The maximum atomic E-state index is 10.8. The summed E-state index contributed by atoms with van der Waals surface area (Å²) < 4.78 is 2.74. The molecule has 1 unspecified atom stereocenters. The second-order valence-corrected chi connectivity index (χ2v) is 7.43.